The van der Waals surface area contributed by atoms with Crippen LogP contribution in [-0.2, 0) is 9.59 Å². The highest BCUT2D eigenvalue weighted by Gasteiger charge is 2.31. The monoisotopic (exact) mass is 558 g/mol. The molecule has 12 heteroatoms. The van der Waals surface area contributed by atoms with Crippen molar-refractivity contribution in [1.29, 1.82) is 0 Å². The molecule has 2 aliphatic heterocycles. The summed E-state index contributed by atoms with van der Waals surface area (Å²) >= 11 is 0. The van der Waals surface area contributed by atoms with Crippen LogP contribution in [0, 0.1) is 0 Å². The molecule has 3 heterocycles. The lowest BCUT2D eigenvalue weighted by Crippen LogP contribution is -2.37. The number of hydrogen-bond donors (Lipinski definition) is 4. The van der Waals surface area contributed by atoms with Crippen LogP contribution < -0.4 is 22.3 Å². The van der Waals surface area contributed by atoms with E-state index < -0.39 is 0 Å². The van der Waals surface area contributed by atoms with Crippen LogP contribution in [0.25, 0.3) is 22.9 Å². The van der Waals surface area contributed by atoms with Crippen molar-refractivity contribution in [1.82, 2.24) is 20.2 Å². The highest BCUT2D eigenvalue weighted by molar-refractivity contribution is 6.16. The number of amidine groups is 2. The molecule has 0 fully saturated rings. The number of benzene rings is 3. The van der Waals surface area contributed by atoms with Gasteiger partial charge in [-0.25, -0.2) is 20.0 Å². The predicted octanol–water partition coefficient (Wildman–Crippen LogP) is 4.05. The largest absolute Gasteiger partial charge is 0.399 e. The minimum absolute atomic E-state index is 0.269. The van der Waals surface area contributed by atoms with Crippen LogP contribution in [0.1, 0.15) is 25.0 Å². The van der Waals surface area contributed by atoms with Gasteiger partial charge in [-0.05, 0) is 61.4 Å². The van der Waals surface area contributed by atoms with E-state index in [0.717, 1.165) is 11.1 Å². The predicted molar refractivity (Wildman–Crippen MR) is 164 cm³/mol. The molecule has 0 saturated carbocycles. The normalized spacial score (nSPS) is 16.9. The fourth-order valence-corrected chi connectivity index (χ4v) is 4.50. The number of aliphatic imine (C=N–C) groups is 2. The van der Waals surface area contributed by atoms with E-state index in [4.69, 9.17) is 11.5 Å². The first-order valence-corrected chi connectivity index (χ1v) is 13.0. The molecule has 6 rings (SSSR count). The smallest absolute Gasteiger partial charge is 0.296 e. The summed E-state index contributed by atoms with van der Waals surface area (Å²) < 4.78 is 0. The topological polar surface area (TPSA) is 167 Å². The number of hydrazine groups is 2. The van der Waals surface area contributed by atoms with Gasteiger partial charge in [-0.1, -0.05) is 48.5 Å². The summed E-state index contributed by atoms with van der Waals surface area (Å²) in [6, 6.07) is 21.7. The standard InChI is InChI=1S/C30H26N10O2/c1-17-33-25(15-19-7-11-21(31)12-8-19)29(41)39(17)37-27-23-5-3-4-6-24(23)28(36-35-27)38-40-18(2)34-26(30(40)42)16-20-9-13-22(32)14-10-20/h3-16H,31-32H2,1-2H3,(H,35,37)(H,36,38)/b25-15+,26-16+. The first kappa shape index (κ1) is 26.2. The van der Waals surface area contributed by atoms with Gasteiger partial charge in [0.05, 0.1) is 0 Å². The molecule has 0 bridgehead atoms. The van der Waals surface area contributed by atoms with Gasteiger partial charge >= 0.3 is 0 Å². The molecule has 4 aromatic rings. The Morgan fingerprint density at radius 2 is 1.00 bits per heavy atom. The first-order chi connectivity index (χ1) is 20.3. The molecule has 0 atom stereocenters. The van der Waals surface area contributed by atoms with E-state index >= 15 is 0 Å². The molecular formula is C30H26N10O2. The maximum absolute atomic E-state index is 13.2. The van der Waals surface area contributed by atoms with Crippen LogP contribution >= 0.6 is 0 Å². The van der Waals surface area contributed by atoms with E-state index in [1.807, 2.05) is 48.5 Å². The molecule has 6 N–H and O–H groups in total. The van der Waals surface area contributed by atoms with Crippen molar-refractivity contribution < 1.29 is 9.59 Å². The van der Waals surface area contributed by atoms with Crippen molar-refractivity contribution in [2.45, 2.75) is 13.8 Å². The van der Waals surface area contributed by atoms with Gasteiger partial charge in [-0.3, -0.25) is 20.4 Å². The molecule has 2 aliphatic rings. The summed E-state index contributed by atoms with van der Waals surface area (Å²) in [5.41, 5.74) is 21.0. The van der Waals surface area contributed by atoms with Gasteiger partial charge in [0, 0.05) is 22.1 Å². The second-order valence-corrected chi connectivity index (χ2v) is 9.66. The quantitative estimate of drug-likeness (QED) is 0.203. The molecule has 0 saturated heterocycles. The van der Waals surface area contributed by atoms with Crippen molar-refractivity contribution >= 4 is 69.4 Å². The fourth-order valence-electron chi connectivity index (χ4n) is 4.50. The third kappa shape index (κ3) is 4.99. The van der Waals surface area contributed by atoms with Crippen LogP contribution in [0.3, 0.4) is 0 Å². The lowest BCUT2D eigenvalue weighted by Gasteiger charge is -2.21. The number of carbonyl (C=O) groups is 2. The van der Waals surface area contributed by atoms with Crippen molar-refractivity contribution in [3.8, 4) is 0 Å². The number of nitrogens with zero attached hydrogens (tertiary/aromatic N) is 6. The van der Waals surface area contributed by atoms with Crippen LogP contribution in [0.4, 0.5) is 23.0 Å². The second-order valence-electron chi connectivity index (χ2n) is 9.66. The lowest BCUT2D eigenvalue weighted by molar-refractivity contribution is -0.122. The molecule has 208 valence electrons. The van der Waals surface area contributed by atoms with Crippen LogP contribution in [0.2, 0.25) is 0 Å². The Morgan fingerprint density at radius 3 is 1.38 bits per heavy atom. The lowest BCUT2D eigenvalue weighted by atomic mass is 10.1. The summed E-state index contributed by atoms with van der Waals surface area (Å²) in [4.78, 5) is 35.2. The summed E-state index contributed by atoms with van der Waals surface area (Å²) in [7, 11) is 0. The maximum atomic E-state index is 13.2. The van der Waals surface area contributed by atoms with Gasteiger partial charge in [-0.15, -0.1) is 10.2 Å². The minimum atomic E-state index is -0.340. The van der Waals surface area contributed by atoms with E-state index in [2.05, 4.69) is 31.0 Å². The third-order valence-corrected chi connectivity index (χ3v) is 6.66. The number of anilines is 4. The van der Waals surface area contributed by atoms with E-state index in [9.17, 15) is 9.59 Å². The minimum Gasteiger partial charge on any atom is -0.399 e. The number of aromatic nitrogens is 2. The molecule has 1 aromatic heterocycles. The third-order valence-electron chi connectivity index (χ3n) is 6.66. The average molecular weight is 559 g/mol. The van der Waals surface area contributed by atoms with Crippen LogP contribution in [0.5, 0.6) is 0 Å². The van der Waals surface area contributed by atoms with Crippen molar-refractivity contribution in [2.75, 3.05) is 22.3 Å². The van der Waals surface area contributed by atoms with Crippen molar-refractivity contribution in [3.63, 3.8) is 0 Å². The van der Waals surface area contributed by atoms with Gasteiger partial charge < -0.3 is 11.5 Å². The zero-order chi connectivity index (χ0) is 29.4. The van der Waals surface area contributed by atoms with Crippen molar-refractivity contribution in [3.05, 3.63) is 95.3 Å². The number of hydrogen-bond acceptors (Lipinski definition) is 10. The SMILES string of the molecule is CC1=N/C(=C/c2ccc(N)cc2)C(=O)N1Nc1nnc(NN2C(=O)/C(=C\c3ccc(N)cc3)N=C2C)c2ccccc12. The van der Waals surface area contributed by atoms with Gasteiger partial charge in [0.1, 0.15) is 23.1 Å². The average Bonchev–Trinajstić information content (AvgIpc) is 3.40. The second kappa shape index (κ2) is 10.5. The zero-order valence-corrected chi connectivity index (χ0v) is 22.7. The number of fused-ring (bicyclic) bond motifs is 1. The highest BCUT2D eigenvalue weighted by atomic mass is 16.2. The number of nitrogens with one attached hydrogen (secondary N) is 2. The highest BCUT2D eigenvalue weighted by Crippen LogP contribution is 2.29. The molecule has 0 radical (unpaired) electrons. The summed E-state index contributed by atoms with van der Waals surface area (Å²) in [5, 5.41) is 12.7. The molecule has 3 aromatic carbocycles. The zero-order valence-electron chi connectivity index (χ0n) is 22.7. The molecule has 0 aliphatic carbocycles. The van der Waals surface area contributed by atoms with E-state index in [1.165, 1.54) is 10.0 Å². The Morgan fingerprint density at radius 1 is 0.619 bits per heavy atom. The number of nitrogen functional groups attached to an aromatic ring is 2. The molecule has 0 spiro atoms. The molecule has 2 amide bonds. The molecule has 42 heavy (non-hydrogen) atoms. The van der Waals surface area contributed by atoms with Gasteiger partial charge in [0.2, 0.25) is 0 Å². The Kier molecular flexibility index (Phi) is 6.55. The fraction of sp³-hybridized carbons (Fsp3) is 0.0667. The van der Waals surface area contributed by atoms with E-state index in [-0.39, 0.29) is 23.2 Å². The number of rotatable bonds is 6. The maximum Gasteiger partial charge on any atom is 0.296 e. The van der Waals surface area contributed by atoms with Gasteiger partial charge in [0.25, 0.3) is 11.8 Å². The molecular weight excluding hydrogens is 532 g/mol. The Hall–Kier alpha value is -6.04. The Balaban J connectivity index is 1.24. The van der Waals surface area contributed by atoms with E-state index in [0.29, 0.717) is 45.5 Å². The van der Waals surface area contributed by atoms with Gasteiger partial charge in [0.15, 0.2) is 11.6 Å². The summed E-state index contributed by atoms with van der Waals surface area (Å²) in [6.45, 7) is 3.44. The number of carbonyl (C=O) groups excluding carboxylic acids is 2. The first-order valence-electron chi connectivity index (χ1n) is 13.0. The number of nitrogens with two attached hydrogens (primary N) is 2. The molecule has 0 unspecified atom stereocenters. The van der Waals surface area contributed by atoms with E-state index in [1.54, 1.807) is 50.3 Å². The summed E-state index contributed by atoms with van der Waals surface area (Å²) in [6.07, 6.45) is 3.38. The Bertz CT molecular complexity index is 1720. The van der Waals surface area contributed by atoms with Gasteiger partial charge in [-0.2, -0.15) is 0 Å². The number of amides is 2. The van der Waals surface area contributed by atoms with Crippen LogP contribution in [-0.4, -0.2) is 43.7 Å². The van der Waals surface area contributed by atoms with Crippen molar-refractivity contribution in [2.24, 2.45) is 9.98 Å². The van der Waals surface area contributed by atoms with Crippen LogP contribution in [0.15, 0.2) is 94.2 Å². The molecule has 12 nitrogen and oxygen atoms in total. The Labute approximate surface area is 240 Å². The summed E-state index contributed by atoms with van der Waals surface area (Å²) in [5.74, 6) is 0.902.